The smallest absolute Gasteiger partial charge is 0.261 e. The number of rotatable bonds is 9. The molecule has 0 aliphatic heterocycles. The minimum Gasteiger partial charge on any atom is -0.497 e. The second kappa shape index (κ2) is 9.57. The van der Waals surface area contributed by atoms with E-state index in [-0.39, 0.29) is 5.91 Å². The summed E-state index contributed by atoms with van der Waals surface area (Å²) in [6, 6.07) is 15.0. The average Bonchev–Trinajstić information content (AvgIpc) is 2.63. The maximum Gasteiger partial charge on any atom is 0.261 e. The average molecular weight is 343 g/mol. The summed E-state index contributed by atoms with van der Waals surface area (Å²) in [7, 11) is 1.62. The van der Waals surface area contributed by atoms with Crippen molar-refractivity contribution in [2.45, 2.75) is 26.4 Å². The molecule has 0 aliphatic rings. The zero-order chi connectivity index (χ0) is 18.1. The van der Waals surface area contributed by atoms with Crippen LogP contribution in [0.25, 0.3) is 0 Å². The summed E-state index contributed by atoms with van der Waals surface area (Å²) in [6.45, 7) is 4.72. The molecule has 0 bridgehead atoms. The fraction of sp³-hybridized carbons (Fsp3) is 0.350. The minimum absolute atomic E-state index is 0.137. The van der Waals surface area contributed by atoms with Crippen molar-refractivity contribution >= 4 is 5.91 Å². The predicted molar refractivity (Wildman–Crippen MR) is 97.4 cm³/mol. The van der Waals surface area contributed by atoms with E-state index in [0.717, 1.165) is 17.1 Å². The number of ether oxygens (including phenoxy) is 3. The molecule has 1 amide bonds. The molecule has 5 heteroatoms. The van der Waals surface area contributed by atoms with Crippen LogP contribution in [0.2, 0.25) is 0 Å². The number of aryl methyl sites for hydroxylation is 1. The number of carbonyl (C=O) groups is 1. The molecule has 0 radical (unpaired) electrons. The first-order chi connectivity index (χ1) is 12.1. The van der Waals surface area contributed by atoms with Gasteiger partial charge in [-0.2, -0.15) is 0 Å². The van der Waals surface area contributed by atoms with Crippen LogP contribution >= 0.6 is 0 Å². The zero-order valence-corrected chi connectivity index (χ0v) is 15.0. The molecule has 0 spiro atoms. The van der Waals surface area contributed by atoms with Crippen molar-refractivity contribution in [1.29, 1.82) is 0 Å². The summed E-state index contributed by atoms with van der Waals surface area (Å²) in [5.74, 6) is 2.08. The molecule has 0 aromatic heterocycles. The van der Waals surface area contributed by atoms with Gasteiger partial charge in [-0.05, 0) is 55.3 Å². The highest BCUT2D eigenvalue weighted by molar-refractivity contribution is 5.81. The monoisotopic (exact) mass is 343 g/mol. The van der Waals surface area contributed by atoms with Crippen molar-refractivity contribution in [3.63, 3.8) is 0 Å². The van der Waals surface area contributed by atoms with E-state index in [1.54, 1.807) is 7.11 Å². The molecular formula is C20H25NO4. The van der Waals surface area contributed by atoms with Crippen molar-refractivity contribution in [2.75, 3.05) is 20.3 Å². The number of methoxy groups -OCH3 is 1. The van der Waals surface area contributed by atoms with Gasteiger partial charge in [0.2, 0.25) is 0 Å². The SMILES string of the molecule is CC[C@@H](Oc1cccc(C)c1)C(=O)NCCOc1ccc(OC)cc1. The van der Waals surface area contributed by atoms with E-state index in [9.17, 15) is 4.79 Å². The van der Waals surface area contributed by atoms with E-state index in [1.807, 2.05) is 62.4 Å². The topological polar surface area (TPSA) is 56.8 Å². The number of amides is 1. The second-order valence-corrected chi connectivity index (χ2v) is 5.65. The van der Waals surface area contributed by atoms with Crippen molar-refractivity contribution in [3.8, 4) is 17.2 Å². The lowest BCUT2D eigenvalue weighted by atomic mass is 10.2. The van der Waals surface area contributed by atoms with Gasteiger partial charge in [-0.15, -0.1) is 0 Å². The van der Waals surface area contributed by atoms with Crippen molar-refractivity contribution in [2.24, 2.45) is 0 Å². The van der Waals surface area contributed by atoms with E-state index in [0.29, 0.717) is 25.3 Å². The predicted octanol–water partition coefficient (Wildman–Crippen LogP) is 3.36. The Morgan fingerprint density at radius 1 is 1.08 bits per heavy atom. The van der Waals surface area contributed by atoms with E-state index in [2.05, 4.69) is 5.32 Å². The first-order valence-corrected chi connectivity index (χ1v) is 8.40. The molecule has 134 valence electrons. The molecule has 2 aromatic rings. The number of benzene rings is 2. The van der Waals surface area contributed by atoms with Crippen LogP contribution in [0.5, 0.6) is 17.2 Å². The van der Waals surface area contributed by atoms with Crippen LogP contribution in [0.3, 0.4) is 0 Å². The normalized spacial score (nSPS) is 11.5. The Balaban J connectivity index is 1.75. The van der Waals surface area contributed by atoms with E-state index in [1.165, 1.54) is 0 Å². The Morgan fingerprint density at radius 3 is 2.44 bits per heavy atom. The van der Waals surface area contributed by atoms with Crippen LogP contribution in [0.15, 0.2) is 48.5 Å². The lowest BCUT2D eigenvalue weighted by Crippen LogP contribution is -2.39. The van der Waals surface area contributed by atoms with Gasteiger partial charge in [-0.25, -0.2) is 0 Å². The second-order valence-electron chi connectivity index (χ2n) is 5.65. The largest absolute Gasteiger partial charge is 0.497 e. The van der Waals surface area contributed by atoms with Crippen LogP contribution < -0.4 is 19.5 Å². The van der Waals surface area contributed by atoms with Crippen LogP contribution in [0, 0.1) is 6.92 Å². The highest BCUT2D eigenvalue weighted by atomic mass is 16.5. The fourth-order valence-electron chi connectivity index (χ4n) is 2.30. The molecule has 0 fully saturated rings. The van der Waals surface area contributed by atoms with Gasteiger partial charge < -0.3 is 19.5 Å². The summed E-state index contributed by atoms with van der Waals surface area (Å²) in [5.41, 5.74) is 1.10. The van der Waals surface area contributed by atoms with E-state index < -0.39 is 6.10 Å². The lowest BCUT2D eigenvalue weighted by Gasteiger charge is -2.17. The number of nitrogens with one attached hydrogen (secondary N) is 1. The summed E-state index contributed by atoms with van der Waals surface area (Å²) >= 11 is 0. The summed E-state index contributed by atoms with van der Waals surface area (Å²) in [4.78, 5) is 12.3. The Morgan fingerprint density at radius 2 is 1.80 bits per heavy atom. The van der Waals surface area contributed by atoms with Gasteiger partial charge in [-0.3, -0.25) is 4.79 Å². The molecule has 1 atom stereocenters. The van der Waals surface area contributed by atoms with Crippen molar-refractivity contribution in [1.82, 2.24) is 5.32 Å². The van der Waals surface area contributed by atoms with Crippen molar-refractivity contribution < 1.29 is 19.0 Å². The molecule has 1 N–H and O–H groups in total. The third-order valence-corrected chi connectivity index (χ3v) is 3.66. The summed E-state index contributed by atoms with van der Waals surface area (Å²) < 4.78 is 16.5. The Labute approximate surface area is 148 Å². The van der Waals surface area contributed by atoms with Gasteiger partial charge in [0, 0.05) is 0 Å². The Bertz CT molecular complexity index is 670. The van der Waals surface area contributed by atoms with Crippen molar-refractivity contribution in [3.05, 3.63) is 54.1 Å². The Hall–Kier alpha value is -2.69. The maximum absolute atomic E-state index is 12.3. The third-order valence-electron chi connectivity index (χ3n) is 3.66. The van der Waals surface area contributed by atoms with E-state index >= 15 is 0 Å². The number of carbonyl (C=O) groups excluding carboxylic acids is 1. The summed E-state index contributed by atoms with van der Waals surface area (Å²) in [5, 5.41) is 2.85. The molecular weight excluding hydrogens is 318 g/mol. The van der Waals surface area contributed by atoms with Gasteiger partial charge in [0.25, 0.3) is 5.91 Å². The first kappa shape index (κ1) is 18.6. The molecule has 0 saturated carbocycles. The van der Waals surface area contributed by atoms with Crippen LogP contribution in [-0.2, 0) is 4.79 Å². The van der Waals surface area contributed by atoms with Crippen LogP contribution in [-0.4, -0.2) is 32.3 Å². The molecule has 5 nitrogen and oxygen atoms in total. The molecule has 2 aromatic carbocycles. The molecule has 0 heterocycles. The molecule has 25 heavy (non-hydrogen) atoms. The van der Waals surface area contributed by atoms with Gasteiger partial charge in [-0.1, -0.05) is 19.1 Å². The Kier molecular flexibility index (Phi) is 7.14. The molecule has 0 unspecified atom stereocenters. The van der Waals surface area contributed by atoms with E-state index in [4.69, 9.17) is 14.2 Å². The van der Waals surface area contributed by atoms with Gasteiger partial charge in [0.05, 0.1) is 13.7 Å². The first-order valence-electron chi connectivity index (χ1n) is 8.40. The molecule has 0 saturated heterocycles. The summed E-state index contributed by atoms with van der Waals surface area (Å²) in [6.07, 6.45) is 0.0850. The zero-order valence-electron chi connectivity index (χ0n) is 15.0. The fourth-order valence-corrected chi connectivity index (χ4v) is 2.30. The highest BCUT2D eigenvalue weighted by Gasteiger charge is 2.17. The molecule has 0 aliphatic carbocycles. The lowest BCUT2D eigenvalue weighted by molar-refractivity contribution is -0.128. The third kappa shape index (κ3) is 6.03. The van der Waals surface area contributed by atoms with Gasteiger partial charge in [0.15, 0.2) is 6.10 Å². The van der Waals surface area contributed by atoms with Gasteiger partial charge >= 0.3 is 0 Å². The standard InChI is InChI=1S/C20H25NO4/c1-4-19(25-18-7-5-6-15(2)14-18)20(22)21-12-13-24-17-10-8-16(23-3)9-11-17/h5-11,14,19H,4,12-13H2,1-3H3,(H,21,22)/t19-/m1/s1. The number of hydrogen-bond acceptors (Lipinski definition) is 4. The highest BCUT2D eigenvalue weighted by Crippen LogP contribution is 2.17. The van der Waals surface area contributed by atoms with Gasteiger partial charge in [0.1, 0.15) is 23.9 Å². The minimum atomic E-state index is -0.511. The number of hydrogen-bond donors (Lipinski definition) is 1. The van der Waals surface area contributed by atoms with Crippen LogP contribution in [0.4, 0.5) is 0 Å². The maximum atomic E-state index is 12.3. The molecule has 2 rings (SSSR count). The van der Waals surface area contributed by atoms with Crippen LogP contribution in [0.1, 0.15) is 18.9 Å². The quantitative estimate of drug-likeness (QED) is 0.710.